The van der Waals surface area contributed by atoms with E-state index in [1.54, 1.807) is 0 Å². The highest BCUT2D eigenvalue weighted by molar-refractivity contribution is 6.07. The lowest BCUT2D eigenvalue weighted by Crippen LogP contribution is -2.15. The number of rotatable bonds is 3. The van der Waals surface area contributed by atoms with Crippen LogP contribution in [0.3, 0.4) is 0 Å². The van der Waals surface area contributed by atoms with E-state index in [2.05, 4.69) is 0 Å². The fourth-order valence-corrected chi connectivity index (χ4v) is 1.47. The SMILES string of the molecule is N#Cc1c(C(=O)O)cc(C(=O)O)c(C(=O)O)c1C#N. The van der Waals surface area contributed by atoms with Crippen molar-refractivity contribution in [2.75, 3.05) is 0 Å². The highest BCUT2D eigenvalue weighted by Crippen LogP contribution is 2.23. The molecular weight excluding hydrogens is 256 g/mol. The van der Waals surface area contributed by atoms with Gasteiger partial charge in [0.25, 0.3) is 0 Å². The summed E-state index contributed by atoms with van der Waals surface area (Å²) in [6.07, 6.45) is 0. The van der Waals surface area contributed by atoms with Crippen molar-refractivity contribution in [1.29, 1.82) is 10.5 Å². The number of hydrogen-bond acceptors (Lipinski definition) is 5. The minimum atomic E-state index is -1.73. The molecular formula is C11H4N2O6. The van der Waals surface area contributed by atoms with Gasteiger partial charge >= 0.3 is 17.9 Å². The van der Waals surface area contributed by atoms with E-state index in [9.17, 15) is 14.4 Å². The van der Waals surface area contributed by atoms with Crippen LogP contribution in [-0.4, -0.2) is 33.2 Å². The zero-order valence-electron chi connectivity index (χ0n) is 9.04. The van der Waals surface area contributed by atoms with Crippen LogP contribution in [0.25, 0.3) is 0 Å². The van der Waals surface area contributed by atoms with Gasteiger partial charge in [-0.2, -0.15) is 10.5 Å². The molecule has 0 saturated heterocycles. The van der Waals surface area contributed by atoms with Gasteiger partial charge in [-0.05, 0) is 6.07 Å². The van der Waals surface area contributed by atoms with Gasteiger partial charge in [-0.15, -0.1) is 0 Å². The average Bonchev–Trinajstić information content (AvgIpc) is 2.35. The summed E-state index contributed by atoms with van der Waals surface area (Å²) in [4.78, 5) is 32.8. The summed E-state index contributed by atoms with van der Waals surface area (Å²) >= 11 is 0. The minimum absolute atomic E-state index is 0.549. The average molecular weight is 260 g/mol. The largest absolute Gasteiger partial charge is 0.478 e. The predicted molar refractivity (Wildman–Crippen MR) is 56.7 cm³/mol. The Morgan fingerprint density at radius 2 is 1.32 bits per heavy atom. The Morgan fingerprint density at radius 1 is 0.842 bits per heavy atom. The number of nitriles is 2. The van der Waals surface area contributed by atoms with Gasteiger partial charge in [-0.3, -0.25) is 0 Å². The van der Waals surface area contributed by atoms with Gasteiger partial charge in [-0.25, -0.2) is 14.4 Å². The third-order valence-electron chi connectivity index (χ3n) is 2.23. The van der Waals surface area contributed by atoms with Crippen LogP contribution in [0.1, 0.15) is 42.2 Å². The van der Waals surface area contributed by atoms with E-state index in [1.807, 2.05) is 0 Å². The summed E-state index contributed by atoms with van der Waals surface area (Å²) in [5.41, 5.74) is -3.97. The van der Waals surface area contributed by atoms with Crippen molar-refractivity contribution in [2.45, 2.75) is 0 Å². The summed E-state index contributed by atoms with van der Waals surface area (Å²) in [5.74, 6) is -5.07. The van der Waals surface area contributed by atoms with E-state index in [0.29, 0.717) is 6.07 Å². The lowest BCUT2D eigenvalue weighted by atomic mass is 9.92. The molecule has 0 bridgehead atoms. The fraction of sp³-hybridized carbons (Fsp3) is 0. The maximum Gasteiger partial charge on any atom is 0.337 e. The van der Waals surface area contributed by atoms with Gasteiger partial charge in [0, 0.05) is 0 Å². The number of carboxylic acids is 3. The van der Waals surface area contributed by atoms with Gasteiger partial charge in [0.2, 0.25) is 0 Å². The van der Waals surface area contributed by atoms with Crippen LogP contribution in [0.5, 0.6) is 0 Å². The summed E-state index contributed by atoms with van der Waals surface area (Å²) in [6, 6.07) is 3.30. The van der Waals surface area contributed by atoms with Crippen LogP contribution < -0.4 is 0 Å². The number of hydrogen-bond donors (Lipinski definition) is 3. The molecule has 0 aliphatic carbocycles. The van der Waals surface area contributed by atoms with Crippen LogP contribution >= 0.6 is 0 Å². The van der Waals surface area contributed by atoms with Gasteiger partial charge < -0.3 is 15.3 Å². The first kappa shape index (κ1) is 13.7. The molecule has 0 saturated carbocycles. The molecule has 3 N–H and O–H groups in total. The van der Waals surface area contributed by atoms with Crippen LogP contribution in [0.2, 0.25) is 0 Å². The molecule has 0 aliphatic rings. The van der Waals surface area contributed by atoms with E-state index < -0.39 is 45.7 Å². The molecule has 0 radical (unpaired) electrons. The Kier molecular flexibility index (Phi) is 3.49. The third kappa shape index (κ3) is 2.18. The number of carboxylic acid groups (broad SMARTS) is 3. The lowest BCUT2D eigenvalue weighted by Gasteiger charge is -2.08. The number of benzene rings is 1. The molecule has 0 atom stereocenters. The second-order valence-electron chi connectivity index (χ2n) is 3.24. The molecule has 0 spiro atoms. The van der Waals surface area contributed by atoms with Crippen molar-refractivity contribution in [3.63, 3.8) is 0 Å². The molecule has 0 unspecified atom stereocenters. The van der Waals surface area contributed by atoms with E-state index in [1.165, 1.54) is 12.1 Å². The minimum Gasteiger partial charge on any atom is -0.478 e. The Hall–Kier alpha value is -3.39. The van der Waals surface area contributed by atoms with E-state index in [4.69, 9.17) is 25.8 Å². The molecule has 0 fully saturated rings. The highest BCUT2D eigenvalue weighted by Gasteiger charge is 2.28. The number of aromatic carboxylic acids is 3. The van der Waals surface area contributed by atoms with Crippen molar-refractivity contribution in [2.24, 2.45) is 0 Å². The van der Waals surface area contributed by atoms with Crippen molar-refractivity contribution in [3.05, 3.63) is 33.9 Å². The predicted octanol–water partition coefficient (Wildman–Crippen LogP) is 0.525. The zero-order valence-corrected chi connectivity index (χ0v) is 9.04. The highest BCUT2D eigenvalue weighted by atomic mass is 16.4. The van der Waals surface area contributed by atoms with Crippen molar-refractivity contribution >= 4 is 17.9 Å². The standard InChI is InChI=1S/C11H4N2O6/c12-2-6-4(9(14)15)1-5(10(16)17)8(11(18)19)7(6)3-13/h1H,(H,14,15)(H,16,17)(H,18,19). The van der Waals surface area contributed by atoms with E-state index in [-0.39, 0.29) is 0 Å². The first-order valence-corrected chi connectivity index (χ1v) is 4.56. The van der Waals surface area contributed by atoms with E-state index in [0.717, 1.165) is 0 Å². The van der Waals surface area contributed by atoms with Crippen molar-refractivity contribution in [3.8, 4) is 12.1 Å². The Labute approximate surface area is 105 Å². The quantitative estimate of drug-likeness (QED) is 0.708. The summed E-state index contributed by atoms with van der Waals surface area (Å²) < 4.78 is 0. The van der Waals surface area contributed by atoms with Gasteiger partial charge in [0.1, 0.15) is 12.1 Å². The molecule has 19 heavy (non-hydrogen) atoms. The van der Waals surface area contributed by atoms with Gasteiger partial charge in [0.05, 0.1) is 27.8 Å². The molecule has 0 aromatic heterocycles. The topological polar surface area (TPSA) is 159 Å². The van der Waals surface area contributed by atoms with Crippen LogP contribution in [0.4, 0.5) is 0 Å². The fourth-order valence-electron chi connectivity index (χ4n) is 1.47. The monoisotopic (exact) mass is 260 g/mol. The second kappa shape index (κ2) is 4.85. The van der Waals surface area contributed by atoms with Crippen LogP contribution in [-0.2, 0) is 0 Å². The molecule has 1 rings (SSSR count). The molecule has 0 aliphatic heterocycles. The van der Waals surface area contributed by atoms with E-state index >= 15 is 0 Å². The van der Waals surface area contributed by atoms with Gasteiger partial charge in [-0.1, -0.05) is 0 Å². The van der Waals surface area contributed by atoms with Crippen LogP contribution in [0.15, 0.2) is 6.07 Å². The summed E-state index contributed by atoms with van der Waals surface area (Å²) in [6.45, 7) is 0. The molecule has 8 nitrogen and oxygen atoms in total. The Balaban J connectivity index is 4.00. The zero-order chi connectivity index (χ0) is 14.7. The Bertz CT molecular complexity index is 693. The number of carbonyl (C=O) groups is 3. The Morgan fingerprint density at radius 3 is 1.63 bits per heavy atom. The van der Waals surface area contributed by atoms with Gasteiger partial charge in [0.15, 0.2) is 0 Å². The van der Waals surface area contributed by atoms with Crippen LogP contribution in [0, 0.1) is 22.7 Å². The third-order valence-corrected chi connectivity index (χ3v) is 2.23. The maximum absolute atomic E-state index is 11.0. The first-order chi connectivity index (χ1) is 8.84. The van der Waals surface area contributed by atoms with Crippen molar-refractivity contribution in [1.82, 2.24) is 0 Å². The molecule has 8 heteroatoms. The summed E-state index contributed by atoms with van der Waals surface area (Å²) in [5, 5.41) is 44.3. The normalized spacial score (nSPS) is 9.16. The maximum atomic E-state index is 11.0. The molecule has 1 aromatic carbocycles. The lowest BCUT2D eigenvalue weighted by molar-refractivity contribution is 0.0648. The molecule has 0 heterocycles. The molecule has 94 valence electrons. The van der Waals surface area contributed by atoms with Crippen molar-refractivity contribution < 1.29 is 29.7 Å². The summed E-state index contributed by atoms with van der Waals surface area (Å²) in [7, 11) is 0. The second-order valence-corrected chi connectivity index (χ2v) is 3.24. The smallest absolute Gasteiger partial charge is 0.337 e. The molecule has 0 amide bonds. The molecule has 1 aromatic rings. The first-order valence-electron chi connectivity index (χ1n) is 4.56. The number of nitrogens with zero attached hydrogens (tertiary/aromatic N) is 2.